The maximum Gasteiger partial charge on any atom is 0.255 e. The number of hydrogen-bond donors (Lipinski definition) is 0. The Kier molecular flexibility index (Phi) is 6.03. The quantitative estimate of drug-likeness (QED) is 0.506. The van der Waals surface area contributed by atoms with Crippen molar-refractivity contribution >= 4 is 5.91 Å². The molecule has 0 spiro atoms. The van der Waals surface area contributed by atoms with E-state index < -0.39 is 0 Å². The van der Waals surface area contributed by atoms with Crippen LogP contribution in [-0.4, -0.2) is 24.0 Å². The second-order valence-corrected chi connectivity index (χ2v) is 7.37. The fourth-order valence-corrected chi connectivity index (χ4v) is 4.05. The number of amides is 1. The van der Waals surface area contributed by atoms with Crippen LogP contribution in [0, 0.1) is 0 Å². The van der Waals surface area contributed by atoms with Crippen molar-refractivity contribution < 1.29 is 14.3 Å². The van der Waals surface area contributed by atoms with Gasteiger partial charge in [-0.1, -0.05) is 54.6 Å². The van der Waals surface area contributed by atoms with E-state index in [0.717, 1.165) is 34.6 Å². The number of hydrogen-bond acceptors (Lipinski definition) is 3. The van der Waals surface area contributed by atoms with E-state index in [1.54, 1.807) is 0 Å². The minimum atomic E-state index is -0.0952. The van der Waals surface area contributed by atoms with Crippen molar-refractivity contribution in [3.05, 3.63) is 95.1 Å². The molecular formula is C26H27NO3. The predicted octanol–water partition coefficient (Wildman–Crippen LogP) is 5.42. The molecule has 0 saturated heterocycles. The van der Waals surface area contributed by atoms with Gasteiger partial charge in [-0.25, -0.2) is 0 Å². The van der Waals surface area contributed by atoms with E-state index in [1.165, 1.54) is 5.56 Å². The molecule has 3 aromatic rings. The molecule has 0 aromatic heterocycles. The predicted molar refractivity (Wildman–Crippen MR) is 118 cm³/mol. The van der Waals surface area contributed by atoms with Crippen molar-refractivity contribution in [3.8, 4) is 11.5 Å². The van der Waals surface area contributed by atoms with E-state index in [9.17, 15) is 4.79 Å². The molecule has 1 aliphatic heterocycles. The standard InChI is InChI=1S/C26H27NO3/c1-3-29-24-15-14-20(17-25(24)30-4-2)23(16-19-10-6-5-7-11-19)27-18-21-12-8-9-13-22(21)26(27)28/h5-15,17,23H,3-4,16,18H2,1-2H3/t23-/m0/s1. The number of benzene rings is 3. The van der Waals surface area contributed by atoms with Gasteiger partial charge < -0.3 is 14.4 Å². The van der Waals surface area contributed by atoms with Crippen molar-refractivity contribution in [2.45, 2.75) is 32.9 Å². The average molecular weight is 402 g/mol. The van der Waals surface area contributed by atoms with Crippen molar-refractivity contribution in [3.63, 3.8) is 0 Å². The van der Waals surface area contributed by atoms with Crippen LogP contribution in [0.25, 0.3) is 0 Å². The van der Waals surface area contributed by atoms with Crippen LogP contribution >= 0.6 is 0 Å². The van der Waals surface area contributed by atoms with E-state index in [-0.39, 0.29) is 11.9 Å². The zero-order valence-electron chi connectivity index (χ0n) is 17.5. The van der Waals surface area contributed by atoms with Crippen LogP contribution < -0.4 is 9.47 Å². The van der Waals surface area contributed by atoms with Gasteiger partial charge in [0, 0.05) is 12.1 Å². The van der Waals surface area contributed by atoms with Gasteiger partial charge in [0.1, 0.15) is 0 Å². The fourth-order valence-electron chi connectivity index (χ4n) is 4.05. The van der Waals surface area contributed by atoms with Gasteiger partial charge in [0.2, 0.25) is 0 Å². The zero-order chi connectivity index (χ0) is 20.9. The van der Waals surface area contributed by atoms with Crippen molar-refractivity contribution in [1.29, 1.82) is 0 Å². The highest BCUT2D eigenvalue weighted by atomic mass is 16.5. The highest BCUT2D eigenvalue weighted by Gasteiger charge is 2.33. The molecule has 1 atom stereocenters. The Bertz CT molecular complexity index is 1020. The van der Waals surface area contributed by atoms with Crippen LogP contribution in [0.3, 0.4) is 0 Å². The lowest BCUT2D eigenvalue weighted by atomic mass is 9.97. The largest absolute Gasteiger partial charge is 0.490 e. The Morgan fingerprint density at radius 2 is 1.57 bits per heavy atom. The van der Waals surface area contributed by atoms with Gasteiger partial charge in [0.05, 0.1) is 19.3 Å². The normalized spacial score (nSPS) is 13.8. The first-order valence-electron chi connectivity index (χ1n) is 10.5. The summed E-state index contributed by atoms with van der Waals surface area (Å²) < 4.78 is 11.6. The van der Waals surface area contributed by atoms with Crippen LogP contribution in [-0.2, 0) is 13.0 Å². The molecule has 0 N–H and O–H groups in total. The molecule has 4 heteroatoms. The first kappa shape index (κ1) is 20.0. The smallest absolute Gasteiger partial charge is 0.255 e. The summed E-state index contributed by atoms with van der Waals surface area (Å²) in [5.41, 5.74) is 4.12. The van der Waals surface area contributed by atoms with E-state index in [2.05, 4.69) is 18.2 Å². The third-order valence-electron chi connectivity index (χ3n) is 5.45. The maximum atomic E-state index is 13.3. The van der Waals surface area contributed by atoms with Crippen molar-refractivity contribution in [2.75, 3.05) is 13.2 Å². The Labute approximate surface area is 178 Å². The molecule has 0 aliphatic carbocycles. The highest BCUT2D eigenvalue weighted by Crippen LogP contribution is 2.37. The molecule has 0 unspecified atom stereocenters. The Balaban J connectivity index is 1.73. The lowest BCUT2D eigenvalue weighted by Crippen LogP contribution is -2.30. The summed E-state index contributed by atoms with van der Waals surface area (Å²) in [6.45, 7) is 5.67. The van der Waals surface area contributed by atoms with Gasteiger partial charge in [-0.15, -0.1) is 0 Å². The molecule has 4 nitrogen and oxygen atoms in total. The van der Waals surface area contributed by atoms with Crippen LogP contribution in [0.5, 0.6) is 11.5 Å². The van der Waals surface area contributed by atoms with Gasteiger partial charge in [0.15, 0.2) is 11.5 Å². The molecule has 1 heterocycles. The number of ether oxygens (including phenoxy) is 2. The first-order valence-corrected chi connectivity index (χ1v) is 10.5. The Morgan fingerprint density at radius 1 is 0.867 bits per heavy atom. The van der Waals surface area contributed by atoms with Crippen LogP contribution in [0.2, 0.25) is 0 Å². The van der Waals surface area contributed by atoms with Crippen LogP contribution in [0.4, 0.5) is 0 Å². The average Bonchev–Trinajstić information content (AvgIpc) is 3.11. The molecule has 0 radical (unpaired) electrons. The van der Waals surface area contributed by atoms with E-state index in [0.29, 0.717) is 19.8 Å². The summed E-state index contributed by atoms with van der Waals surface area (Å²) in [4.78, 5) is 15.2. The van der Waals surface area contributed by atoms with Crippen LogP contribution in [0.15, 0.2) is 72.8 Å². The third kappa shape index (κ3) is 4.04. The topological polar surface area (TPSA) is 38.8 Å². The molecule has 4 rings (SSSR count). The molecule has 3 aromatic carbocycles. The zero-order valence-corrected chi connectivity index (χ0v) is 17.5. The van der Waals surface area contributed by atoms with Gasteiger partial charge >= 0.3 is 0 Å². The molecule has 30 heavy (non-hydrogen) atoms. The van der Waals surface area contributed by atoms with Crippen LogP contribution in [0.1, 0.15) is 46.9 Å². The molecular weight excluding hydrogens is 374 g/mol. The number of carbonyl (C=O) groups is 1. The Morgan fingerprint density at radius 3 is 2.30 bits per heavy atom. The molecule has 0 saturated carbocycles. The van der Waals surface area contributed by atoms with Gasteiger partial charge in [-0.2, -0.15) is 0 Å². The second-order valence-electron chi connectivity index (χ2n) is 7.37. The van der Waals surface area contributed by atoms with Crippen molar-refractivity contribution in [1.82, 2.24) is 4.90 Å². The summed E-state index contributed by atoms with van der Waals surface area (Å²) in [5.74, 6) is 1.54. The van der Waals surface area contributed by atoms with E-state index in [1.807, 2.05) is 73.3 Å². The lowest BCUT2D eigenvalue weighted by molar-refractivity contribution is 0.0699. The number of rotatable bonds is 8. The summed E-state index contributed by atoms with van der Waals surface area (Å²) in [6, 6.07) is 24.1. The van der Waals surface area contributed by atoms with Gasteiger partial charge in [-0.05, 0) is 55.2 Å². The maximum absolute atomic E-state index is 13.3. The SMILES string of the molecule is CCOc1ccc([C@H](Cc2ccccc2)N2Cc3ccccc3C2=O)cc1OCC. The van der Waals surface area contributed by atoms with E-state index in [4.69, 9.17) is 9.47 Å². The number of nitrogens with zero attached hydrogens (tertiary/aromatic N) is 1. The summed E-state index contributed by atoms with van der Waals surface area (Å²) in [5, 5.41) is 0. The monoisotopic (exact) mass is 401 g/mol. The summed E-state index contributed by atoms with van der Waals surface area (Å²) in [6.07, 6.45) is 0.736. The first-order chi connectivity index (χ1) is 14.7. The second kappa shape index (κ2) is 9.04. The molecule has 0 bridgehead atoms. The number of carbonyl (C=O) groups excluding carboxylic acids is 1. The third-order valence-corrected chi connectivity index (χ3v) is 5.45. The summed E-state index contributed by atoms with van der Waals surface area (Å²) in [7, 11) is 0. The summed E-state index contributed by atoms with van der Waals surface area (Å²) >= 11 is 0. The number of fused-ring (bicyclic) bond motifs is 1. The fraction of sp³-hybridized carbons (Fsp3) is 0.269. The molecule has 1 aliphatic rings. The minimum Gasteiger partial charge on any atom is -0.490 e. The lowest BCUT2D eigenvalue weighted by Gasteiger charge is -2.29. The molecule has 154 valence electrons. The van der Waals surface area contributed by atoms with Gasteiger partial charge in [0.25, 0.3) is 5.91 Å². The minimum absolute atomic E-state index is 0.0818. The van der Waals surface area contributed by atoms with E-state index >= 15 is 0 Å². The van der Waals surface area contributed by atoms with Gasteiger partial charge in [-0.3, -0.25) is 4.79 Å². The van der Waals surface area contributed by atoms with Crippen molar-refractivity contribution in [2.24, 2.45) is 0 Å². The molecule has 0 fully saturated rings. The Hall–Kier alpha value is -3.27. The molecule has 1 amide bonds. The highest BCUT2D eigenvalue weighted by molar-refractivity contribution is 5.98.